The van der Waals surface area contributed by atoms with Gasteiger partial charge in [-0.25, -0.2) is 0 Å². The van der Waals surface area contributed by atoms with Gasteiger partial charge in [-0.3, -0.25) is 0 Å². The summed E-state index contributed by atoms with van der Waals surface area (Å²) in [5, 5.41) is 0. The normalized spacial score (nSPS) is 29.5. The van der Waals surface area contributed by atoms with Crippen molar-refractivity contribution in [3.8, 4) is 0 Å². The molecule has 0 aromatic rings. The first-order chi connectivity index (χ1) is 5.63. The van der Waals surface area contributed by atoms with Crippen LogP contribution in [0.1, 0.15) is 26.7 Å². The minimum absolute atomic E-state index is 0.119. The van der Waals surface area contributed by atoms with Crippen molar-refractivity contribution in [3.05, 3.63) is 12.3 Å². The molecule has 2 heteroatoms. The van der Waals surface area contributed by atoms with Crippen molar-refractivity contribution in [2.24, 2.45) is 5.92 Å². The van der Waals surface area contributed by atoms with Gasteiger partial charge in [-0.1, -0.05) is 20.4 Å². The molecule has 0 unspecified atom stereocenters. The fraction of sp³-hybridized carbons (Fsp3) is 0.800. The lowest BCUT2D eigenvalue weighted by molar-refractivity contribution is 0.121. The van der Waals surface area contributed by atoms with E-state index in [9.17, 15) is 0 Å². The molecule has 1 fully saturated rings. The van der Waals surface area contributed by atoms with E-state index < -0.39 is 0 Å². The van der Waals surface area contributed by atoms with E-state index in [0.29, 0.717) is 12.0 Å². The van der Waals surface area contributed by atoms with Crippen LogP contribution in [0, 0.1) is 5.92 Å². The Kier molecular flexibility index (Phi) is 3.15. The number of hydrogen-bond acceptors (Lipinski definition) is 2. The van der Waals surface area contributed by atoms with E-state index in [4.69, 9.17) is 9.47 Å². The molecular weight excluding hydrogens is 152 g/mol. The monoisotopic (exact) mass is 170 g/mol. The van der Waals surface area contributed by atoms with E-state index >= 15 is 0 Å². The maximum absolute atomic E-state index is 5.56. The SMILES string of the molecule is C=C1O[C@H](CC(C)C)C[C@H]1OC. The lowest BCUT2D eigenvalue weighted by Crippen LogP contribution is -2.10. The molecule has 2 atom stereocenters. The van der Waals surface area contributed by atoms with Gasteiger partial charge in [0.2, 0.25) is 0 Å². The van der Waals surface area contributed by atoms with Gasteiger partial charge in [0.15, 0.2) is 0 Å². The number of methoxy groups -OCH3 is 1. The van der Waals surface area contributed by atoms with E-state index in [2.05, 4.69) is 20.4 Å². The van der Waals surface area contributed by atoms with Crippen molar-refractivity contribution in [2.45, 2.75) is 38.9 Å². The molecular formula is C10H18O2. The van der Waals surface area contributed by atoms with Gasteiger partial charge in [0.25, 0.3) is 0 Å². The summed E-state index contributed by atoms with van der Waals surface area (Å²) in [4.78, 5) is 0. The molecule has 0 aromatic heterocycles. The zero-order valence-electron chi connectivity index (χ0n) is 8.17. The molecule has 0 bridgehead atoms. The molecule has 0 amide bonds. The second kappa shape index (κ2) is 3.94. The first-order valence-corrected chi connectivity index (χ1v) is 4.51. The molecule has 0 radical (unpaired) electrons. The predicted molar refractivity (Wildman–Crippen MR) is 48.9 cm³/mol. The quantitative estimate of drug-likeness (QED) is 0.647. The molecule has 12 heavy (non-hydrogen) atoms. The lowest BCUT2D eigenvalue weighted by Gasteiger charge is -2.11. The Bertz CT molecular complexity index is 163. The zero-order valence-corrected chi connectivity index (χ0v) is 8.17. The maximum Gasteiger partial charge on any atom is 0.118 e. The Hall–Kier alpha value is -0.500. The summed E-state index contributed by atoms with van der Waals surface area (Å²) < 4.78 is 10.8. The summed E-state index contributed by atoms with van der Waals surface area (Å²) in [6.07, 6.45) is 2.50. The van der Waals surface area contributed by atoms with Crippen LogP contribution in [0.3, 0.4) is 0 Å². The van der Waals surface area contributed by atoms with Crippen LogP contribution >= 0.6 is 0 Å². The summed E-state index contributed by atoms with van der Waals surface area (Å²) in [5.41, 5.74) is 0. The highest BCUT2D eigenvalue weighted by Crippen LogP contribution is 2.28. The van der Waals surface area contributed by atoms with E-state index in [1.165, 1.54) is 0 Å². The molecule has 0 spiro atoms. The third-order valence-corrected chi connectivity index (χ3v) is 2.17. The van der Waals surface area contributed by atoms with Gasteiger partial charge in [-0.2, -0.15) is 0 Å². The van der Waals surface area contributed by atoms with Crippen LogP contribution in [-0.2, 0) is 9.47 Å². The summed E-state index contributed by atoms with van der Waals surface area (Å²) >= 11 is 0. The topological polar surface area (TPSA) is 18.5 Å². The average Bonchev–Trinajstić information content (AvgIpc) is 2.29. The average molecular weight is 170 g/mol. The third-order valence-electron chi connectivity index (χ3n) is 2.17. The van der Waals surface area contributed by atoms with Gasteiger partial charge in [0.1, 0.15) is 18.0 Å². The van der Waals surface area contributed by atoms with Crippen molar-refractivity contribution in [1.82, 2.24) is 0 Å². The molecule has 70 valence electrons. The van der Waals surface area contributed by atoms with Crippen LogP contribution < -0.4 is 0 Å². The van der Waals surface area contributed by atoms with Crippen LogP contribution in [0.2, 0.25) is 0 Å². The van der Waals surface area contributed by atoms with Crippen molar-refractivity contribution in [3.63, 3.8) is 0 Å². The zero-order chi connectivity index (χ0) is 9.14. The van der Waals surface area contributed by atoms with Gasteiger partial charge in [0.05, 0.1) is 0 Å². The van der Waals surface area contributed by atoms with Crippen molar-refractivity contribution < 1.29 is 9.47 Å². The Balaban J connectivity index is 2.38. The minimum atomic E-state index is 0.119. The van der Waals surface area contributed by atoms with Gasteiger partial charge in [-0.15, -0.1) is 0 Å². The number of hydrogen-bond donors (Lipinski definition) is 0. The highest BCUT2D eigenvalue weighted by molar-refractivity contribution is 5.00. The summed E-state index contributed by atoms with van der Waals surface area (Å²) in [7, 11) is 1.71. The highest BCUT2D eigenvalue weighted by Gasteiger charge is 2.29. The fourth-order valence-electron chi connectivity index (χ4n) is 1.61. The molecule has 1 rings (SSSR count). The first kappa shape index (κ1) is 9.59. The molecule has 2 nitrogen and oxygen atoms in total. The smallest absolute Gasteiger partial charge is 0.118 e. The fourth-order valence-corrected chi connectivity index (χ4v) is 1.61. The molecule has 0 aliphatic carbocycles. The molecule has 0 aromatic carbocycles. The molecule has 1 aliphatic heterocycles. The molecule has 1 aliphatic rings. The standard InChI is InChI=1S/C10H18O2/c1-7(2)5-9-6-10(11-4)8(3)12-9/h7,9-10H,3,5-6H2,1-2,4H3/t9-,10-/m1/s1. The van der Waals surface area contributed by atoms with Crippen LogP contribution in [-0.4, -0.2) is 19.3 Å². The van der Waals surface area contributed by atoms with Crippen LogP contribution in [0.15, 0.2) is 12.3 Å². The van der Waals surface area contributed by atoms with Crippen LogP contribution in [0.4, 0.5) is 0 Å². The maximum atomic E-state index is 5.56. The molecule has 0 saturated carbocycles. The van der Waals surface area contributed by atoms with Gasteiger partial charge in [-0.05, 0) is 12.3 Å². The largest absolute Gasteiger partial charge is 0.493 e. The third kappa shape index (κ3) is 2.24. The van der Waals surface area contributed by atoms with Crippen molar-refractivity contribution in [1.29, 1.82) is 0 Å². The summed E-state index contributed by atoms with van der Waals surface area (Å²) in [5.74, 6) is 1.47. The Morgan fingerprint density at radius 2 is 2.33 bits per heavy atom. The minimum Gasteiger partial charge on any atom is -0.493 e. The lowest BCUT2D eigenvalue weighted by atomic mass is 10.0. The molecule has 1 saturated heterocycles. The predicted octanol–water partition coefficient (Wildman–Crippen LogP) is 2.35. The van der Waals surface area contributed by atoms with E-state index in [-0.39, 0.29) is 6.10 Å². The molecule has 0 N–H and O–H groups in total. The second-order valence-corrected chi connectivity index (χ2v) is 3.80. The summed E-state index contributed by atoms with van der Waals surface area (Å²) in [6.45, 7) is 8.22. The van der Waals surface area contributed by atoms with Gasteiger partial charge in [0, 0.05) is 13.5 Å². The number of rotatable bonds is 3. The van der Waals surface area contributed by atoms with E-state index in [1.807, 2.05) is 0 Å². The van der Waals surface area contributed by atoms with Crippen LogP contribution in [0.25, 0.3) is 0 Å². The van der Waals surface area contributed by atoms with E-state index in [1.54, 1.807) is 7.11 Å². The number of ether oxygens (including phenoxy) is 2. The Morgan fingerprint density at radius 1 is 1.67 bits per heavy atom. The highest BCUT2D eigenvalue weighted by atomic mass is 16.5. The van der Waals surface area contributed by atoms with E-state index in [0.717, 1.165) is 18.6 Å². The van der Waals surface area contributed by atoms with Crippen molar-refractivity contribution in [2.75, 3.05) is 7.11 Å². The summed E-state index contributed by atoms with van der Waals surface area (Å²) in [6, 6.07) is 0. The van der Waals surface area contributed by atoms with Crippen LogP contribution in [0.5, 0.6) is 0 Å². The van der Waals surface area contributed by atoms with Gasteiger partial charge >= 0.3 is 0 Å². The Morgan fingerprint density at radius 3 is 2.75 bits per heavy atom. The molecule has 1 heterocycles. The second-order valence-electron chi connectivity index (χ2n) is 3.80. The Labute approximate surface area is 74.6 Å². The van der Waals surface area contributed by atoms with Crippen molar-refractivity contribution >= 4 is 0 Å². The first-order valence-electron chi connectivity index (χ1n) is 4.51. The van der Waals surface area contributed by atoms with Gasteiger partial charge < -0.3 is 9.47 Å².